The van der Waals surface area contributed by atoms with Crippen molar-refractivity contribution >= 4 is 17.8 Å². The highest BCUT2D eigenvalue weighted by Crippen LogP contribution is 2.10. The molecule has 0 saturated heterocycles. The van der Waals surface area contributed by atoms with Gasteiger partial charge in [0.25, 0.3) is 0 Å². The molecule has 106 valence electrons. The van der Waals surface area contributed by atoms with Gasteiger partial charge in [0.15, 0.2) is 5.78 Å². The Morgan fingerprint density at radius 2 is 2.10 bits per heavy atom. The van der Waals surface area contributed by atoms with E-state index in [1.165, 1.54) is 18.2 Å². The molecule has 2 aromatic rings. The van der Waals surface area contributed by atoms with E-state index < -0.39 is 0 Å². The van der Waals surface area contributed by atoms with Crippen LogP contribution in [-0.4, -0.2) is 28.3 Å². The first-order valence-electron chi connectivity index (χ1n) is 6.33. The van der Waals surface area contributed by atoms with Crippen molar-refractivity contribution in [2.75, 3.05) is 6.54 Å². The summed E-state index contributed by atoms with van der Waals surface area (Å²) in [7, 11) is 0. The average molecular weight is 282 g/mol. The topological polar surface area (TPSA) is 79.3 Å². The van der Waals surface area contributed by atoms with Crippen LogP contribution < -0.4 is 5.32 Å². The lowest BCUT2D eigenvalue weighted by Gasteiger charge is -2.02. The summed E-state index contributed by atoms with van der Waals surface area (Å²) in [6.45, 7) is -0.125. The summed E-state index contributed by atoms with van der Waals surface area (Å²) < 4.78 is 0. The van der Waals surface area contributed by atoms with Crippen LogP contribution in [0.25, 0.3) is 6.08 Å². The van der Waals surface area contributed by atoms with E-state index in [2.05, 4.69) is 10.3 Å². The molecule has 0 radical (unpaired) electrons. The smallest absolute Gasteiger partial charge is 0.244 e. The number of amides is 1. The van der Waals surface area contributed by atoms with Gasteiger partial charge >= 0.3 is 0 Å². The first-order valence-corrected chi connectivity index (χ1v) is 6.33. The van der Waals surface area contributed by atoms with Crippen LogP contribution in [0.1, 0.15) is 15.9 Å². The highest BCUT2D eigenvalue weighted by atomic mass is 16.3. The van der Waals surface area contributed by atoms with Gasteiger partial charge in [0.1, 0.15) is 5.75 Å². The third kappa shape index (κ3) is 4.58. The van der Waals surface area contributed by atoms with E-state index in [0.717, 1.165) is 5.56 Å². The number of rotatable bonds is 5. The fraction of sp³-hybridized carbons (Fsp3) is 0.0625. The minimum absolute atomic E-state index is 0.0173. The SMILES string of the molecule is O=C(/C=C/c1cccnc1)NCC(=O)c1cccc(O)c1. The molecule has 21 heavy (non-hydrogen) atoms. The fourth-order valence-electron chi connectivity index (χ4n) is 1.65. The van der Waals surface area contributed by atoms with Crippen molar-refractivity contribution in [2.45, 2.75) is 0 Å². The highest BCUT2D eigenvalue weighted by molar-refractivity contribution is 6.01. The molecule has 5 nitrogen and oxygen atoms in total. The Balaban J connectivity index is 1.87. The lowest BCUT2D eigenvalue weighted by Crippen LogP contribution is -2.27. The molecule has 0 fully saturated rings. The molecule has 2 rings (SSSR count). The molecule has 0 aliphatic heterocycles. The molecule has 0 atom stereocenters. The van der Waals surface area contributed by atoms with E-state index in [-0.39, 0.29) is 24.0 Å². The number of nitrogens with one attached hydrogen (secondary N) is 1. The maximum absolute atomic E-state index is 11.8. The van der Waals surface area contributed by atoms with Crippen molar-refractivity contribution in [2.24, 2.45) is 0 Å². The van der Waals surface area contributed by atoms with Crippen molar-refractivity contribution < 1.29 is 14.7 Å². The fourth-order valence-corrected chi connectivity index (χ4v) is 1.65. The second-order valence-electron chi connectivity index (χ2n) is 4.31. The summed E-state index contributed by atoms with van der Waals surface area (Å²) in [6, 6.07) is 9.58. The van der Waals surface area contributed by atoms with Crippen LogP contribution in [0.4, 0.5) is 0 Å². The zero-order valence-electron chi connectivity index (χ0n) is 11.2. The first kappa shape index (κ1) is 14.5. The van der Waals surface area contributed by atoms with Crippen molar-refractivity contribution in [3.8, 4) is 5.75 Å². The standard InChI is InChI=1S/C16H14N2O3/c19-14-5-1-4-13(9-14)15(20)11-18-16(21)7-6-12-3-2-8-17-10-12/h1-10,19H,11H2,(H,18,21)/b7-6+. The van der Waals surface area contributed by atoms with Crippen LogP contribution in [-0.2, 0) is 4.79 Å². The van der Waals surface area contributed by atoms with Crippen LogP contribution in [0.5, 0.6) is 5.75 Å². The second kappa shape index (κ2) is 7.00. The van der Waals surface area contributed by atoms with Gasteiger partial charge in [-0.15, -0.1) is 0 Å². The van der Waals surface area contributed by atoms with E-state index in [0.29, 0.717) is 5.56 Å². The van der Waals surface area contributed by atoms with Crippen LogP contribution >= 0.6 is 0 Å². The third-order valence-corrected chi connectivity index (χ3v) is 2.70. The molecule has 0 spiro atoms. The minimum atomic E-state index is -0.368. The summed E-state index contributed by atoms with van der Waals surface area (Å²) in [6.07, 6.45) is 6.22. The van der Waals surface area contributed by atoms with Crippen LogP contribution in [0.2, 0.25) is 0 Å². The van der Waals surface area contributed by atoms with Gasteiger partial charge in [-0.25, -0.2) is 0 Å². The van der Waals surface area contributed by atoms with Crippen LogP contribution in [0.3, 0.4) is 0 Å². The van der Waals surface area contributed by atoms with Gasteiger partial charge in [-0.2, -0.15) is 0 Å². The van der Waals surface area contributed by atoms with Gasteiger partial charge in [0.05, 0.1) is 6.54 Å². The first-order chi connectivity index (χ1) is 10.1. The monoisotopic (exact) mass is 282 g/mol. The normalized spacial score (nSPS) is 10.5. The number of hydrogen-bond acceptors (Lipinski definition) is 4. The van der Waals surface area contributed by atoms with Gasteiger partial charge in [0.2, 0.25) is 5.91 Å². The summed E-state index contributed by atoms with van der Waals surface area (Å²) in [4.78, 5) is 27.3. The number of carbonyl (C=O) groups is 2. The largest absolute Gasteiger partial charge is 0.508 e. The van der Waals surface area contributed by atoms with Crippen molar-refractivity contribution in [1.29, 1.82) is 0 Å². The third-order valence-electron chi connectivity index (χ3n) is 2.70. The number of benzene rings is 1. The molecule has 2 N–H and O–H groups in total. The van der Waals surface area contributed by atoms with E-state index >= 15 is 0 Å². The Morgan fingerprint density at radius 3 is 2.81 bits per heavy atom. The van der Waals surface area contributed by atoms with Gasteiger partial charge in [0, 0.05) is 24.0 Å². The lowest BCUT2D eigenvalue weighted by atomic mass is 10.1. The molecule has 1 amide bonds. The lowest BCUT2D eigenvalue weighted by molar-refractivity contribution is -0.116. The number of aromatic hydroxyl groups is 1. The summed E-state index contributed by atoms with van der Waals surface area (Å²) >= 11 is 0. The zero-order chi connectivity index (χ0) is 15.1. The Hall–Kier alpha value is -2.95. The molecular formula is C16H14N2O3. The van der Waals surface area contributed by atoms with Gasteiger partial charge in [-0.05, 0) is 29.8 Å². The summed E-state index contributed by atoms with van der Waals surface area (Å²) in [5, 5.41) is 11.8. The molecule has 1 aromatic carbocycles. The van der Waals surface area contributed by atoms with E-state index in [1.54, 1.807) is 36.7 Å². The molecule has 0 aliphatic rings. The van der Waals surface area contributed by atoms with Gasteiger partial charge in [-0.1, -0.05) is 18.2 Å². The van der Waals surface area contributed by atoms with Crippen molar-refractivity contribution in [3.63, 3.8) is 0 Å². The molecule has 5 heteroatoms. The maximum atomic E-state index is 11.8. The average Bonchev–Trinajstić information content (AvgIpc) is 2.51. The number of pyridine rings is 1. The zero-order valence-corrected chi connectivity index (χ0v) is 11.2. The highest BCUT2D eigenvalue weighted by Gasteiger charge is 2.07. The number of aromatic nitrogens is 1. The maximum Gasteiger partial charge on any atom is 0.244 e. The predicted octanol–water partition coefficient (Wildman–Crippen LogP) is 1.80. The predicted molar refractivity (Wildman–Crippen MR) is 78.7 cm³/mol. The molecule has 0 unspecified atom stereocenters. The molecule has 0 saturated carbocycles. The number of phenolic OH excluding ortho intramolecular Hbond substituents is 1. The van der Waals surface area contributed by atoms with E-state index in [9.17, 15) is 14.7 Å². The van der Waals surface area contributed by atoms with Gasteiger partial charge < -0.3 is 10.4 Å². The molecule has 0 aliphatic carbocycles. The molecule has 1 heterocycles. The molecular weight excluding hydrogens is 268 g/mol. The van der Waals surface area contributed by atoms with Gasteiger partial charge in [-0.3, -0.25) is 14.6 Å². The second-order valence-corrected chi connectivity index (χ2v) is 4.31. The van der Waals surface area contributed by atoms with Crippen LogP contribution in [0, 0.1) is 0 Å². The Labute approximate surface area is 122 Å². The number of nitrogens with zero attached hydrogens (tertiary/aromatic N) is 1. The van der Waals surface area contributed by atoms with Crippen molar-refractivity contribution in [3.05, 3.63) is 66.0 Å². The number of ketones is 1. The number of hydrogen-bond donors (Lipinski definition) is 2. The minimum Gasteiger partial charge on any atom is -0.508 e. The number of Topliss-reactive ketones (excluding diaryl/α,β-unsaturated/α-hetero) is 1. The van der Waals surface area contributed by atoms with Crippen molar-refractivity contribution in [1.82, 2.24) is 10.3 Å². The summed E-state index contributed by atoms with van der Waals surface area (Å²) in [5.41, 5.74) is 1.15. The van der Waals surface area contributed by atoms with Crippen LogP contribution in [0.15, 0.2) is 54.9 Å². The Kier molecular flexibility index (Phi) is 4.82. The quantitative estimate of drug-likeness (QED) is 0.647. The van der Waals surface area contributed by atoms with E-state index in [1.807, 2.05) is 6.07 Å². The number of carbonyl (C=O) groups excluding carboxylic acids is 2. The Morgan fingerprint density at radius 1 is 1.24 bits per heavy atom. The number of phenols is 1. The van der Waals surface area contributed by atoms with E-state index in [4.69, 9.17) is 0 Å². The molecule has 1 aromatic heterocycles. The summed E-state index contributed by atoms with van der Waals surface area (Å²) in [5.74, 6) is -0.620. The molecule has 0 bridgehead atoms. The Bertz CT molecular complexity index is 666.